The number of benzene rings is 7. The molecule has 2 aromatic heterocycles. The van der Waals surface area contributed by atoms with Gasteiger partial charge in [-0.1, -0.05) is 158 Å². The van der Waals surface area contributed by atoms with E-state index in [9.17, 15) is 0 Å². The minimum absolute atomic E-state index is 0.873. The second-order valence-corrected chi connectivity index (χ2v) is 12.4. The summed E-state index contributed by atoms with van der Waals surface area (Å²) in [6.45, 7) is 0. The first-order valence-corrected chi connectivity index (χ1v) is 16.6. The molecule has 2 nitrogen and oxygen atoms in total. The fourth-order valence-electron chi connectivity index (χ4n) is 6.79. The molecule has 9 aromatic rings. The van der Waals surface area contributed by atoms with E-state index < -0.39 is 0 Å². The third-order valence-corrected chi connectivity index (χ3v) is 9.31. The lowest BCUT2D eigenvalue weighted by molar-refractivity contribution is 0.669. The van der Waals surface area contributed by atoms with E-state index in [1.54, 1.807) is 0 Å². The van der Waals surface area contributed by atoms with Gasteiger partial charge in [0.15, 0.2) is 0 Å². The molecule has 0 fully saturated rings. The van der Waals surface area contributed by atoms with Crippen molar-refractivity contribution in [3.8, 4) is 67.0 Å². The van der Waals surface area contributed by atoms with Crippen LogP contribution in [0.25, 0.3) is 89.0 Å². The van der Waals surface area contributed by atoms with E-state index >= 15 is 0 Å². The van der Waals surface area contributed by atoms with Gasteiger partial charge in [0.05, 0.1) is 11.4 Å². The first-order valence-electron chi connectivity index (χ1n) is 16.6. The molecule has 0 N–H and O–H groups in total. The van der Waals surface area contributed by atoms with Crippen LogP contribution in [0, 0.1) is 0 Å². The van der Waals surface area contributed by atoms with Crippen LogP contribution in [-0.2, 0) is 0 Å². The van der Waals surface area contributed by atoms with Gasteiger partial charge >= 0.3 is 0 Å². The second kappa shape index (κ2) is 12.3. The quantitative estimate of drug-likeness (QED) is 0.184. The van der Waals surface area contributed by atoms with Gasteiger partial charge in [-0.25, -0.2) is 4.98 Å². The SMILES string of the molecule is c1ccc(-c2ccc(-c3ccc(-c4ccc5oc6cccc(-c7cc(-c8ccccc8)nc(-c8ccccc8)c7)c6c5c4)cc3)cc2)cc1. The molecular weight excluding hydrogens is 595 g/mol. The van der Waals surface area contributed by atoms with Crippen molar-refractivity contribution in [2.45, 2.75) is 0 Å². The van der Waals surface area contributed by atoms with Crippen LogP contribution < -0.4 is 0 Å². The van der Waals surface area contributed by atoms with Gasteiger partial charge in [0, 0.05) is 21.9 Å². The Bertz CT molecular complexity index is 2490. The maximum Gasteiger partial charge on any atom is 0.136 e. The van der Waals surface area contributed by atoms with Crippen molar-refractivity contribution in [2.24, 2.45) is 0 Å². The molecule has 2 heteroatoms. The normalized spacial score (nSPS) is 11.3. The van der Waals surface area contributed by atoms with Crippen LogP contribution in [0.4, 0.5) is 0 Å². The highest BCUT2D eigenvalue weighted by molar-refractivity contribution is 6.13. The largest absolute Gasteiger partial charge is 0.456 e. The van der Waals surface area contributed by atoms with Crippen LogP contribution in [-0.4, -0.2) is 4.98 Å². The monoisotopic (exact) mass is 625 g/mol. The van der Waals surface area contributed by atoms with Gasteiger partial charge in [-0.3, -0.25) is 0 Å². The van der Waals surface area contributed by atoms with Crippen molar-refractivity contribution >= 4 is 21.9 Å². The van der Waals surface area contributed by atoms with Crippen LogP contribution in [0.2, 0.25) is 0 Å². The maximum atomic E-state index is 6.44. The molecule has 0 bridgehead atoms. The Morgan fingerprint density at radius 1 is 0.306 bits per heavy atom. The Morgan fingerprint density at radius 3 is 1.29 bits per heavy atom. The summed E-state index contributed by atoms with van der Waals surface area (Å²) in [6, 6.07) is 66.2. The number of pyridine rings is 1. The minimum Gasteiger partial charge on any atom is -0.456 e. The minimum atomic E-state index is 0.873. The molecule has 0 spiro atoms. The Kier molecular flexibility index (Phi) is 7.18. The van der Waals surface area contributed by atoms with E-state index in [4.69, 9.17) is 9.40 Å². The molecular formula is C47H31NO. The van der Waals surface area contributed by atoms with Crippen LogP contribution in [0.3, 0.4) is 0 Å². The lowest BCUT2D eigenvalue weighted by Gasteiger charge is -2.11. The molecule has 0 unspecified atom stereocenters. The van der Waals surface area contributed by atoms with E-state index in [1.807, 2.05) is 12.1 Å². The summed E-state index contributed by atoms with van der Waals surface area (Å²) in [5.41, 5.74) is 15.2. The van der Waals surface area contributed by atoms with Crippen LogP contribution in [0.5, 0.6) is 0 Å². The molecule has 49 heavy (non-hydrogen) atoms. The molecule has 9 rings (SSSR count). The molecule has 0 aliphatic carbocycles. The van der Waals surface area contributed by atoms with E-state index in [0.717, 1.165) is 61.1 Å². The summed E-state index contributed by atoms with van der Waals surface area (Å²) in [4.78, 5) is 5.11. The third-order valence-electron chi connectivity index (χ3n) is 9.31. The van der Waals surface area contributed by atoms with Crippen LogP contribution in [0.15, 0.2) is 192 Å². The third kappa shape index (κ3) is 5.50. The predicted molar refractivity (Wildman–Crippen MR) is 204 cm³/mol. The molecule has 0 radical (unpaired) electrons. The van der Waals surface area contributed by atoms with Crippen molar-refractivity contribution in [3.63, 3.8) is 0 Å². The topological polar surface area (TPSA) is 26.0 Å². The first kappa shape index (κ1) is 28.7. The predicted octanol–water partition coefficient (Wildman–Crippen LogP) is 13.0. The van der Waals surface area contributed by atoms with Crippen molar-refractivity contribution in [1.29, 1.82) is 0 Å². The summed E-state index contributed by atoms with van der Waals surface area (Å²) in [5.74, 6) is 0. The average molecular weight is 626 g/mol. The Morgan fingerprint density at radius 2 is 0.755 bits per heavy atom. The zero-order valence-electron chi connectivity index (χ0n) is 26.8. The molecule has 2 heterocycles. The smallest absolute Gasteiger partial charge is 0.136 e. The highest BCUT2D eigenvalue weighted by atomic mass is 16.3. The van der Waals surface area contributed by atoms with Crippen molar-refractivity contribution < 1.29 is 4.42 Å². The number of fused-ring (bicyclic) bond motifs is 3. The highest BCUT2D eigenvalue weighted by Gasteiger charge is 2.16. The molecule has 230 valence electrons. The van der Waals surface area contributed by atoms with Crippen molar-refractivity contribution in [3.05, 3.63) is 188 Å². The van der Waals surface area contributed by atoms with E-state index in [0.29, 0.717) is 0 Å². The Labute approximate surface area is 285 Å². The standard InChI is InChI=1S/C47H31NO/c1-4-11-32(12-5-1)33-19-21-34(22-20-33)35-23-25-36(26-24-35)39-27-28-45-42(29-39)47-41(17-10-18-46(47)49-45)40-30-43(37-13-6-2-7-14-37)48-44(31-40)38-15-8-3-9-16-38/h1-31H. The van der Waals surface area contributed by atoms with Gasteiger partial charge < -0.3 is 4.42 Å². The zero-order chi connectivity index (χ0) is 32.6. The fraction of sp³-hybridized carbons (Fsp3) is 0. The fourth-order valence-corrected chi connectivity index (χ4v) is 6.79. The highest BCUT2D eigenvalue weighted by Crippen LogP contribution is 2.40. The molecule has 0 saturated heterocycles. The summed E-state index contributed by atoms with van der Waals surface area (Å²) in [6.07, 6.45) is 0. The lowest BCUT2D eigenvalue weighted by atomic mass is 9.95. The number of furan rings is 1. The summed E-state index contributed by atoms with van der Waals surface area (Å²) in [5, 5.41) is 2.21. The van der Waals surface area contributed by atoms with Gasteiger partial charge in [-0.2, -0.15) is 0 Å². The summed E-state index contributed by atoms with van der Waals surface area (Å²) in [7, 11) is 0. The van der Waals surface area contributed by atoms with Gasteiger partial charge in [0.2, 0.25) is 0 Å². The summed E-state index contributed by atoms with van der Waals surface area (Å²) < 4.78 is 6.44. The number of rotatable bonds is 6. The van der Waals surface area contributed by atoms with Gasteiger partial charge in [0.1, 0.15) is 11.2 Å². The molecule has 0 aliphatic rings. The molecule has 7 aromatic carbocycles. The van der Waals surface area contributed by atoms with Crippen LogP contribution >= 0.6 is 0 Å². The molecule has 0 saturated carbocycles. The maximum absolute atomic E-state index is 6.44. The molecule has 0 amide bonds. The molecule has 0 aliphatic heterocycles. The van der Waals surface area contributed by atoms with Gasteiger partial charge in [-0.05, 0) is 74.8 Å². The van der Waals surface area contributed by atoms with Gasteiger partial charge in [0.25, 0.3) is 0 Å². The van der Waals surface area contributed by atoms with Gasteiger partial charge in [-0.15, -0.1) is 0 Å². The number of hydrogen-bond donors (Lipinski definition) is 0. The Balaban J connectivity index is 1.11. The number of aromatic nitrogens is 1. The number of nitrogens with zero attached hydrogens (tertiary/aromatic N) is 1. The summed E-state index contributed by atoms with van der Waals surface area (Å²) >= 11 is 0. The lowest BCUT2D eigenvalue weighted by Crippen LogP contribution is -1.91. The van der Waals surface area contributed by atoms with Crippen molar-refractivity contribution in [2.75, 3.05) is 0 Å². The van der Waals surface area contributed by atoms with E-state index in [2.05, 4.69) is 176 Å². The van der Waals surface area contributed by atoms with Crippen LogP contribution in [0.1, 0.15) is 0 Å². The first-order chi connectivity index (χ1) is 24.3. The van der Waals surface area contributed by atoms with Crippen molar-refractivity contribution in [1.82, 2.24) is 4.98 Å². The average Bonchev–Trinajstić information content (AvgIpc) is 3.57. The molecule has 0 atom stereocenters. The van der Waals surface area contributed by atoms with E-state index in [-0.39, 0.29) is 0 Å². The second-order valence-electron chi connectivity index (χ2n) is 12.4. The Hall–Kier alpha value is -6.51. The number of hydrogen-bond acceptors (Lipinski definition) is 2. The van der Waals surface area contributed by atoms with E-state index in [1.165, 1.54) is 27.8 Å². The zero-order valence-corrected chi connectivity index (χ0v) is 26.8.